The van der Waals surface area contributed by atoms with Crippen molar-refractivity contribution in [1.29, 1.82) is 0 Å². The van der Waals surface area contributed by atoms with Crippen LogP contribution < -0.4 is 0 Å². The summed E-state index contributed by atoms with van der Waals surface area (Å²) in [4.78, 5) is 32.2. The van der Waals surface area contributed by atoms with E-state index in [9.17, 15) is 19.7 Å². The van der Waals surface area contributed by atoms with Crippen LogP contribution in [0.2, 0.25) is 0 Å². The summed E-state index contributed by atoms with van der Waals surface area (Å²) >= 11 is 0. The van der Waals surface area contributed by atoms with Gasteiger partial charge in [-0.15, -0.1) is 0 Å². The number of benzene rings is 1. The van der Waals surface area contributed by atoms with Crippen LogP contribution in [0.1, 0.15) is 12.5 Å². The van der Waals surface area contributed by atoms with E-state index in [0.29, 0.717) is 0 Å². The summed E-state index contributed by atoms with van der Waals surface area (Å²) in [6.07, 6.45) is 0. The van der Waals surface area contributed by atoms with Crippen molar-refractivity contribution >= 4 is 11.8 Å². The van der Waals surface area contributed by atoms with Crippen LogP contribution in [0.4, 0.5) is 0 Å². The van der Waals surface area contributed by atoms with Gasteiger partial charge in [-0.2, -0.15) is 0 Å². The first-order valence-corrected chi connectivity index (χ1v) is 4.38. The molecular formula is C10H9NO5. The molecular weight excluding hydrogens is 214 g/mol. The first-order chi connectivity index (χ1) is 7.44. The van der Waals surface area contributed by atoms with Crippen LogP contribution in [0.25, 0.3) is 0 Å². The molecule has 0 saturated carbocycles. The predicted octanol–water partition coefficient (Wildman–Crippen LogP) is 0.832. The van der Waals surface area contributed by atoms with Gasteiger partial charge in [0.1, 0.15) is 0 Å². The maximum atomic E-state index is 11.3. The standard InChI is InChI=1S/C10H9NO5/c1-7(12)10(9(13)14,11(15)16)8-5-3-2-4-6-8/h2-6H,1H3,(H,13,14). The quantitative estimate of drug-likeness (QED) is 0.463. The van der Waals surface area contributed by atoms with Crippen molar-refractivity contribution in [3.05, 3.63) is 46.0 Å². The lowest BCUT2D eigenvalue weighted by Crippen LogP contribution is -2.49. The Morgan fingerprint density at radius 1 is 1.31 bits per heavy atom. The Bertz CT molecular complexity index is 404. The minimum Gasteiger partial charge on any atom is -0.475 e. The van der Waals surface area contributed by atoms with Gasteiger partial charge in [0.15, 0.2) is 0 Å². The van der Waals surface area contributed by atoms with E-state index in [4.69, 9.17) is 5.11 Å². The van der Waals surface area contributed by atoms with Crippen LogP contribution in [-0.4, -0.2) is 21.8 Å². The van der Waals surface area contributed by atoms with Gasteiger partial charge in [-0.1, -0.05) is 30.3 Å². The molecule has 0 fully saturated rings. The predicted molar refractivity (Wildman–Crippen MR) is 53.4 cm³/mol. The van der Waals surface area contributed by atoms with Crippen molar-refractivity contribution in [2.24, 2.45) is 0 Å². The highest BCUT2D eigenvalue weighted by Gasteiger charge is 2.58. The second-order valence-electron chi connectivity index (χ2n) is 3.19. The topological polar surface area (TPSA) is 97.5 Å². The molecule has 0 aromatic heterocycles. The molecule has 0 heterocycles. The van der Waals surface area contributed by atoms with Crippen molar-refractivity contribution < 1.29 is 19.6 Å². The first kappa shape index (κ1) is 11.8. The van der Waals surface area contributed by atoms with Crippen molar-refractivity contribution in [2.75, 3.05) is 0 Å². The maximum absolute atomic E-state index is 11.3. The number of carbonyl (C=O) groups is 2. The molecule has 0 radical (unpaired) electrons. The second kappa shape index (κ2) is 4.09. The SMILES string of the molecule is CC(=O)C(C(=O)O)(c1ccccc1)[N+](=O)[O-]. The van der Waals surface area contributed by atoms with Crippen LogP contribution in [0, 0.1) is 10.1 Å². The number of carbonyl (C=O) groups excluding carboxylic acids is 1. The van der Waals surface area contributed by atoms with E-state index in [1.54, 1.807) is 6.07 Å². The van der Waals surface area contributed by atoms with E-state index in [0.717, 1.165) is 6.92 Å². The molecule has 1 unspecified atom stereocenters. The maximum Gasteiger partial charge on any atom is 0.397 e. The molecule has 1 atom stereocenters. The van der Waals surface area contributed by atoms with Gasteiger partial charge in [0.2, 0.25) is 5.78 Å². The average molecular weight is 223 g/mol. The molecule has 0 aliphatic rings. The Morgan fingerprint density at radius 3 is 2.12 bits per heavy atom. The Labute approximate surface area is 90.7 Å². The second-order valence-corrected chi connectivity index (χ2v) is 3.19. The zero-order chi connectivity index (χ0) is 12.3. The largest absolute Gasteiger partial charge is 0.475 e. The Kier molecular flexibility index (Phi) is 3.03. The van der Waals surface area contributed by atoms with Gasteiger partial charge >= 0.3 is 11.5 Å². The monoisotopic (exact) mass is 223 g/mol. The summed E-state index contributed by atoms with van der Waals surface area (Å²) in [5.74, 6) is -2.81. The van der Waals surface area contributed by atoms with E-state index >= 15 is 0 Å². The van der Waals surface area contributed by atoms with Gasteiger partial charge in [0, 0.05) is 12.5 Å². The summed E-state index contributed by atoms with van der Waals surface area (Å²) in [5.41, 5.74) is -2.86. The highest BCUT2D eigenvalue weighted by Crippen LogP contribution is 2.26. The fourth-order valence-corrected chi connectivity index (χ4v) is 1.47. The summed E-state index contributed by atoms with van der Waals surface area (Å²) in [6.45, 7) is 0.893. The number of rotatable bonds is 4. The fourth-order valence-electron chi connectivity index (χ4n) is 1.47. The van der Waals surface area contributed by atoms with E-state index < -0.39 is 22.2 Å². The summed E-state index contributed by atoms with van der Waals surface area (Å²) in [7, 11) is 0. The summed E-state index contributed by atoms with van der Waals surface area (Å²) in [6, 6.07) is 6.96. The van der Waals surface area contributed by atoms with Crippen LogP contribution in [0.3, 0.4) is 0 Å². The van der Waals surface area contributed by atoms with Gasteiger partial charge in [-0.05, 0) is 0 Å². The third-order valence-electron chi connectivity index (χ3n) is 2.28. The lowest BCUT2D eigenvalue weighted by atomic mass is 9.87. The third-order valence-corrected chi connectivity index (χ3v) is 2.28. The molecule has 0 saturated heterocycles. The number of hydrogen-bond acceptors (Lipinski definition) is 4. The van der Waals surface area contributed by atoms with E-state index in [2.05, 4.69) is 0 Å². The molecule has 1 aromatic rings. The van der Waals surface area contributed by atoms with E-state index in [-0.39, 0.29) is 5.56 Å². The lowest BCUT2D eigenvalue weighted by molar-refractivity contribution is -0.546. The number of nitro groups is 1. The van der Waals surface area contributed by atoms with Gasteiger partial charge in [0.25, 0.3) is 0 Å². The number of nitrogens with zero attached hydrogens (tertiary/aromatic N) is 1. The highest BCUT2D eigenvalue weighted by molar-refractivity contribution is 6.05. The Balaban J connectivity index is 3.52. The molecule has 0 aliphatic carbocycles. The van der Waals surface area contributed by atoms with Gasteiger partial charge in [-0.3, -0.25) is 14.9 Å². The van der Waals surface area contributed by atoms with Crippen LogP contribution in [0.5, 0.6) is 0 Å². The zero-order valence-electron chi connectivity index (χ0n) is 8.41. The summed E-state index contributed by atoms with van der Waals surface area (Å²) in [5, 5.41) is 19.9. The molecule has 0 spiro atoms. The van der Waals surface area contributed by atoms with Gasteiger partial charge in [0.05, 0.1) is 4.92 Å². The molecule has 6 nitrogen and oxygen atoms in total. The number of ketones is 1. The molecule has 0 bridgehead atoms. The van der Waals surface area contributed by atoms with E-state index in [1.165, 1.54) is 24.3 Å². The van der Waals surface area contributed by atoms with Crippen LogP contribution >= 0.6 is 0 Å². The molecule has 16 heavy (non-hydrogen) atoms. The average Bonchev–Trinajstić information content (AvgIpc) is 2.18. The van der Waals surface area contributed by atoms with Gasteiger partial charge in [-0.25, -0.2) is 4.79 Å². The normalized spacial score (nSPS) is 13.8. The molecule has 84 valence electrons. The number of carboxylic acids is 1. The lowest BCUT2D eigenvalue weighted by Gasteiger charge is -2.17. The molecule has 0 amide bonds. The Hall–Kier alpha value is -2.24. The minimum absolute atomic E-state index is 0.153. The molecule has 6 heteroatoms. The van der Waals surface area contributed by atoms with Crippen molar-refractivity contribution in [2.45, 2.75) is 12.5 Å². The van der Waals surface area contributed by atoms with Crippen molar-refractivity contribution in [1.82, 2.24) is 0 Å². The number of aliphatic carboxylic acids is 1. The number of hydrogen-bond donors (Lipinski definition) is 1. The van der Waals surface area contributed by atoms with Gasteiger partial charge < -0.3 is 5.11 Å². The molecule has 1 rings (SSSR count). The smallest absolute Gasteiger partial charge is 0.397 e. The van der Waals surface area contributed by atoms with E-state index in [1.807, 2.05) is 0 Å². The number of carboxylic acid groups (broad SMARTS) is 1. The summed E-state index contributed by atoms with van der Waals surface area (Å²) < 4.78 is 0. The number of Topliss-reactive ketones (excluding diaryl/α,β-unsaturated/α-hetero) is 1. The van der Waals surface area contributed by atoms with Crippen molar-refractivity contribution in [3.8, 4) is 0 Å². The van der Waals surface area contributed by atoms with Crippen molar-refractivity contribution in [3.63, 3.8) is 0 Å². The van der Waals surface area contributed by atoms with Crippen LogP contribution in [-0.2, 0) is 15.1 Å². The first-order valence-electron chi connectivity index (χ1n) is 4.38. The third kappa shape index (κ3) is 1.54. The Morgan fingerprint density at radius 2 is 1.81 bits per heavy atom. The molecule has 1 aromatic carbocycles. The van der Waals surface area contributed by atoms with Crippen LogP contribution in [0.15, 0.2) is 30.3 Å². The minimum atomic E-state index is -2.71. The zero-order valence-corrected chi connectivity index (χ0v) is 8.41. The fraction of sp³-hybridized carbons (Fsp3) is 0.200. The molecule has 0 aliphatic heterocycles. The highest BCUT2D eigenvalue weighted by atomic mass is 16.6. The molecule has 1 N–H and O–H groups in total.